The van der Waals surface area contributed by atoms with Crippen LogP contribution in [0.1, 0.15) is 11.8 Å². The van der Waals surface area contributed by atoms with E-state index in [4.69, 9.17) is 37.0 Å². The Balaban J connectivity index is 0.000000299. The first-order valence-corrected chi connectivity index (χ1v) is 8.99. The van der Waals surface area contributed by atoms with E-state index in [2.05, 4.69) is 20.0 Å². The summed E-state index contributed by atoms with van der Waals surface area (Å²) in [6, 6.07) is 8.32. The molecule has 0 N–H and O–H groups in total. The molecule has 34 heavy (non-hydrogen) atoms. The number of nitro benzene ring substituents is 2. The average molecular weight is 497 g/mol. The van der Waals surface area contributed by atoms with Crippen molar-refractivity contribution in [2.24, 2.45) is 5.11 Å². The molecule has 0 fully saturated rings. The number of nitro groups is 2. The zero-order valence-electron chi connectivity index (χ0n) is 17.2. The summed E-state index contributed by atoms with van der Waals surface area (Å²) in [5.74, 6) is 0.748. The van der Waals surface area contributed by atoms with E-state index in [-0.39, 0.29) is 59.2 Å². The largest absolute Gasteiger partial charge is 1.00 e. The molecule has 0 atom stereocenters. The Morgan fingerprint density at radius 3 is 1.76 bits per heavy atom. The van der Waals surface area contributed by atoms with Crippen molar-refractivity contribution in [2.75, 3.05) is 0 Å². The number of aromatic nitrogens is 2. The molecule has 0 aliphatic rings. The minimum absolute atomic E-state index is 0. The standard InChI is InChI=1S/C8H5ClN2O3.C8H5N5O3.N3.Na/c9-4-8-10-6-3-5(11(12)13)1-2-7(6)14-8;9-12-10-4-8-11-6-3-5(13(14)15)1-2-7(6)16-8;1-3-2;/h1-3H,4H2;1-3H,4H2;;/q;;-1;+1. The minimum Gasteiger partial charge on any atom is -0.441 e. The van der Waals surface area contributed by atoms with Crippen molar-refractivity contribution in [1.82, 2.24) is 9.97 Å². The van der Waals surface area contributed by atoms with Crippen LogP contribution in [0.4, 0.5) is 11.4 Å². The van der Waals surface area contributed by atoms with E-state index >= 15 is 0 Å². The summed E-state index contributed by atoms with van der Waals surface area (Å²) in [6.45, 7) is -0.0149. The van der Waals surface area contributed by atoms with Crippen LogP contribution >= 0.6 is 11.6 Å². The van der Waals surface area contributed by atoms with E-state index < -0.39 is 9.85 Å². The van der Waals surface area contributed by atoms with Crippen LogP contribution < -0.4 is 29.6 Å². The first kappa shape index (κ1) is 28.1. The number of azide groups is 1. The van der Waals surface area contributed by atoms with Crippen LogP contribution in [0.3, 0.4) is 0 Å². The molecule has 2 aromatic carbocycles. The number of hydrogen-bond donors (Lipinski definition) is 0. The van der Waals surface area contributed by atoms with Crippen molar-refractivity contribution in [3.8, 4) is 0 Å². The van der Waals surface area contributed by atoms with Gasteiger partial charge in [-0.2, -0.15) is 0 Å². The van der Waals surface area contributed by atoms with Gasteiger partial charge in [-0.1, -0.05) is 5.11 Å². The fourth-order valence-electron chi connectivity index (χ4n) is 2.37. The number of fused-ring (bicyclic) bond motifs is 2. The van der Waals surface area contributed by atoms with Gasteiger partial charge >= 0.3 is 29.6 Å². The quantitative estimate of drug-likeness (QED) is 0.0753. The van der Waals surface area contributed by atoms with Gasteiger partial charge < -0.3 is 19.9 Å². The van der Waals surface area contributed by atoms with E-state index in [1.165, 1.54) is 41.3 Å². The van der Waals surface area contributed by atoms with Crippen LogP contribution in [0.25, 0.3) is 48.6 Å². The van der Waals surface area contributed by atoms with Gasteiger partial charge in [-0.15, -0.1) is 11.6 Å². The number of halogens is 1. The first-order chi connectivity index (χ1) is 15.8. The summed E-state index contributed by atoms with van der Waals surface area (Å²) >= 11 is 5.51. The number of rotatable bonds is 5. The van der Waals surface area contributed by atoms with Gasteiger partial charge in [0.2, 0.25) is 11.8 Å². The molecule has 16 nitrogen and oxygen atoms in total. The topological polar surface area (TPSA) is 246 Å². The molecule has 0 saturated heterocycles. The van der Waals surface area contributed by atoms with Crippen LogP contribution in [-0.4, -0.2) is 19.8 Å². The second-order valence-corrected chi connectivity index (χ2v) is 5.91. The van der Waals surface area contributed by atoms with Gasteiger partial charge in [0.25, 0.3) is 11.4 Å². The van der Waals surface area contributed by atoms with Crippen LogP contribution in [0.5, 0.6) is 0 Å². The molecule has 4 rings (SSSR count). The Labute approximate surface area is 215 Å². The first-order valence-electron chi connectivity index (χ1n) is 8.46. The van der Waals surface area contributed by atoms with Gasteiger partial charge in [-0.25, -0.2) is 9.97 Å². The van der Waals surface area contributed by atoms with Gasteiger partial charge in [-0.3, -0.25) is 25.1 Å². The number of hydrogen-bond acceptors (Lipinski definition) is 9. The van der Waals surface area contributed by atoms with Gasteiger partial charge in [0.05, 0.1) is 15.7 Å². The molecule has 0 unspecified atom stereocenters. The fourth-order valence-corrected chi connectivity index (χ4v) is 2.49. The minimum atomic E-state index is -0.513. The van der Waals surface area contributed by atoms with Gasteiger partial charge in [0.1, 0.15) is 17.6 Å². The van der Waals surface area contributed by atoms with Crippen LogP contribution in [-0.2, 0) is 12.4 Å². The number of oxazole rings is 2. The number of benzene rings is 2. The molecule has 0 bridgehead atoms. The molecule has 0 aliphatic heterocycles. The van der Waals surface area contributed by atoms with Gasteiger partial charge in [-0.05, 0) is 17.7 Å². The average Bonchev–Trinajstić information content (AvgIpc) is 3.40. The van der Waals surface area contributed by atoms with Gasteiger partial charge in [0, 0.05) is 29.2 Å². The molecule has 0 amide bonds. The number of alkyl halides is 1. The third kappa shape index (κ3) is 7.60. The second kappa shape index (κ2) is 13.6. The van der Waals surface area contributed by atoms with Crippen molar-refractivity contribution in [2.45, 2.75) is 12.4 Å². The van der Waals surface area contributed by atoms with Crippen molar-refractivity contribution < 1.29 is 48.2 Å². The smallest absolute Gasteiger partial charge is 0.441 e. The third-order valence-electron chi connectivity index (χ3n) is 3.64. The van der Waals surface area contributed by atoms with E-state index in [1.54, 1.807) is 0 Å². The monoisotopic (exact) mass is 496 g/mol. The zero-order valence-corrected chi connectivity index (χ0v) is 19.9. The maximum atomic E-state index is 10.5. The molecule has 168 valence electrons. The van der Waals surface area contributed by atoms with Crippen LogP contribution in [0.15, 0.2) is 50.3 Å². The number of non-ortho nitro benzene ring substituents is 2. The molecule has 18 heteroatoms. The SMILES string of the molecule is O=[N+]([O-])c1ccc2oc(CCl)nc2c1.[N-]=[N+]=NCc1nc2cc([N+](=O)[O-])ccc2o1.[N-]=[N+]=[N-].[Na+]. The van der Waals surface area contributed by atoms with Crippen molar-refractivity contribution in [3.05, 3.63) is 94.8 Å². The summed E-state index contributed by atoms with van der Waals surface area (Å²) in [4.78, 5) is 31.9. The van der Waals surface area contributed by atoms with Crippen molar-refractivity contribution >= 4 is 45.2 Å². The molecule has 0 spiro atoms. The molecule has 2 heterocycles. The zero-order chi connectivity index (χ0) is 24.4. The van der Waals surface area contributed by atoms with Crippen molar-refractivity contribution in [3.63, 3.8) is 0 Å². The fraction of sp³-hybridized carbons (Fsp3) is 0.125. The Morgan fingerprint density at radius 2 is 1.35 bits per heavy atom. The maximum absolute atomic E-state index is 10.5. The summed E-state index contributed by atoms with van der Waals surface area (Å²) in [6.07, 6.45) is 0. The van der Waals surface area contributed by atoms with Crippen LogP contribution in [0, 0.1) is 20.2 Å². The molecule has 0 saturated carbocycles. The van der Waals surface area contributed by atoms with E-state index in [0.717, 1.165) is 0 Å². The molecule has 2 aromatic heterocycles. The summed E-state index contributed by atoms with van der Waals surface area (Å²) in [7, 11) is 0. The predicted octanol–water partition coefficient (Wildman–Crippen LogP) is 2.89. The summed E-state index contributed by atoms with van der Waals surface area (Å²) < 4.78 is 10.4. The second-order valence-electron chi connectivity index (χ2n) is 5.65. The Bertz CT molecular complexity index is 1390. The van der Waals surface area contributed by atoms with Gasteiger partial charge in [0.15, 0.2) is 11.2 Å². The summed E-state index contributed by atoms with van der Waals surface area (Å²) in [5, 5.41) is 24.2. The third-order valence-corrected chi connectivity index (χ3v) is 3.86. The van der Waals surface area contributed by atoms with Crippen molar-refractivity contribution in [1.29, 1.82) is 0 Å². The predicted molar refractivity (Wildman–Crippen MR) is 114 cm³/mol. The molecule has 0 radical (unpaired) electrons. The molecular formula is C16H10ClN10NaO6. The number of nitrogens with zero attached hydrogens (tertiary/aromatic N) is 10. The Hall–Kier alpha value is -3.91. The molecule has 0 aliphatic carbocycles. The summed E-state index contributed by atoms with van der Waals surface area (Å²) in [5.41, 5.74) is 23.3. The maximum Gasteiger partial charge on any atom is 1.00 e. The normalized spacial score (nSPS) is 9.32. The Kier molecular flexibility index (Phi) is 11.2. The molecular weight excluding hydrogens is 487 g/mol. The Morgan fingerprint density at radius 1 is 0.912 bits per heavy atom. The van der Waals surface area contributed by atoms with Crippen LogP contribution in [0.2, 0.25) is 0 Å². The van der Waals surface area contributed by atoms with E-state index in [0.29, 0.717) is 28.1 Å². The molecule has 4 aromatic rings. The van der Waals surface area contributed by atoms with E-state index in [1.807, 2.05) is 0 Å². The van der Waals surface area contributed by atoms with E-state index in [9.17, 15) is 20.2 Å².